The van der Waals surface area contributed by atoms with Crippen LogP contribution in [0.1, 0.15) is 14.5 Å². The van der Waals surface area contributed by atoms with Gasteiger partial charge in [-0.2, -0.15) is 4.39 Å². The Morgan fingerprint density at radius 3 is 2.62 bits per heavy atom. The summed E-state index contributed by atoms with van der Waals surface area (Å²) in [4.78, 5) is 20.7. The van der Waals surface area contributed by atoms with Gasteiger partial charge in [0.2, 0.25) is 5.82 Å². The zero-order valence-corrected chi connectivity index (χ0v) is 11.0. The number of ether oxygens (including phenoxy) is 1. The van der Waals surface area contributed by atoms with Crippen molar-refractivity contribution in [1.29, 1.82) is 0 Å². The Hall–Kier alpha value is -2.55. The lowest BCUT2D eigenvalue weighted by Crippen LogP contribution is -1.99. The highest BCUT2D eigenvalue weighted by Crippen LogP contribution is 2.27. The van der Waals surface area contributed by atoms with Gasteiger partial charge >= 0.3 is 11.7 Å². The summed E-state index contributed by atoms with van der Waals surface area (Å²) in [5.74, 6) is -3.87. The molecule has 0 fully saturated rings. The van der Waals surface area contributed by atoms with E-state index in [2.05, 4.69) is 0 Å². The lowest BCUT2D eigenvalue weighted by Gasteiger charge is -2.06. The first-order chi connectivity index (χ1) is 9.88. The van der Waals surface area contributed by atoms with Crippen LogP contribution in [-0.4, -0.2) is 16.0 Å². The van der Waals surface area contributed by atoms with Gasteiger partial charge in [0.15, 0.2) is 11.6 Å². The number of aromatic carboxylic acids is 1. The fraction of sp³-hybridized carbons (Fsp3) is 0.0833. The molecule has 0 saturated heterocycles. The molecule has 0 radical (unpaired) electrons. The van der Waals surface area contributed by atoms with E-state index in [0.29, 0.717) is 17.0 Å². The first kappa shape index (κ1) is 14.9. The number of halogens is 2. The molecule has 1 N–H and O–H groups in total. The van der Waals surface area contributed by atoms with Crippen LogP contribution in [0.15, 0.2) is 24.3 Å². The second-order valence-corrected chi connectivity index (χ2v) is 5.02. The number of nitro benzene ring substituents is 1. The van der Waals surface area contributed by atoms with Crippen molar-refractivity contribution in [2.75, 3.05) is 0 Å². The SMILES string of the molecule is O=C(O)c1ccc(COc2cc(F)c([N+](=O)[O-])cc2F)s1. The van der Waals surface area contributed by atoms with Gasteiger partial charge in [0.1, 0.15) is 11.5 Å². The predicted molar refractivity (Wildman–Crippen MR) is 68.6 cm³/mol. The number of hydrogen-bond donors (Lipinski definition) is 1. The number of carbonyl (C=O) groups is 1. The standard InChI is InChI=1S/C12H7F2NO5S/c13-7-4-10(8(14)3-9(7)15(18)19)20-5-6-1-2-11(21-6)12(16)17/h1-4H,5H2,(H,16,17). The zero-order valence-electron chi connectivity index (χ0n) is 10.2. The van der Waals surface area contributed by atoms with Crippen LogP contribution in [0, 0.1) is 21.7 Å². The van der Waals surface area contributed by atoms with E-state index in [1.54, 1.807) is 0 Å². The number of thiophene rings is 1. The van der Waals surface area contributed by atoms with Crippen molar-refractivity contribution in [1.82, 2.24) is 0 Å². The molecule has 0 bridgehead atoms. The summed E-state index contributed by atoms with van der Waals surface area (Å²) in [6.07, 6.45) is 0. The molecule has 110 valence electrons. The normalized spacial score (nSPS) is 10.4. The monoisotopic (exact) mass is 315 g/mol. The molecular weight excluding hydrogens is 308 g/mol. The summed E-state index contributed by atoms with van der Waals surface area (Å²) in [5, 5.41) is 19.2. The summed E-state index contributed by atoms with van der Waals surface area (Å²) in [6, 6.07) is 3.85. The van der Waals surface area contributed by atoms with Crippen molar-refractivity contribution in [2.45, 2.75) is 6.61 Å². The Balaban J connectivity index is 2.14. The number of rotatable bonds is 5. The average molecular weight is 315 g/mol. The van der Waals surface area contributed by atoms with Gasteiger partial charge in [-0.1, -0.05) is 0 Å². The highest BCUT2D eigenvalue weighted by Gasteiger charge is 2.19. The van der Waals surface area contributed by atoms with Crippen molar-refractivity contribution < 1.29 is 28.3 Å². The minimum Gasteiger partial charge on any atom is -0.485 e. The van der Waals surface area contributed by atoms with Crippen LogP contribution >= 0.6 is 11.3 Å². The lowest BCUT2D eigenvalue weighted by molar-refractivity contribution is -0.387. The third kappa shape index (κ3) is 3.31. The van der Waals surface area contributed by atoms with Crippen molar-refractivity contribution in [3.05, 3.63) is 55.8 Å². The van der Waals surface area contributed by atoms with Crippen LogP contribution in [0.5, 0.6) is 5.75 Å². The number of carboxylic acids is 1. The van der Waals surface area contributed by atoms with Gasteiger partial charge in [-0.25, -0.2) is 9.18 Å². The van der Waals surface area contributed by atoms with E-state index in [-0.39, 0.29) is 11.5 Å². The van der Waals surface area contributed by atoms with E-state index < -0.39 is 34.0 Å². The lowest BCUT2D eigenvalue weighted by atomic mass is 10.3. The van der Waals surface area contributed by atoms with Gasteiger partial charge in [0, 0.05) is 10.9 Å². The molecule has 1 aromatic carbocycles. The third-order valence-electron chi connectivity index (χ3n) is 2.44. The topological polar surface area (TPSA) is 89.7 Å². The maximum absolute atomic E-state index is 13.5. The molecule has 0 aliphatic carbocycles. The highest BCUT2D eigenvalue weighted by atomic mass is 32.1. The fourth-order valence-corrected chi connectivity index (χ4v) is 2.25. The number of hydrogen-bond acceptors (Lipinski definition) is 5. The quantitative estimate of drug-likeness (QED) is 0.676. The molecule has 0 aliphatic heterocycles. The number of carboxylic acid groups (broad SMARTS) is 1. The Morgan fingerprint density at radius 2 is 2.05 bits per heavy atom. The fourth-order valence-electron chi connectivity index (χ4n) is 1.49. The second-order valence-electron chi connectivity index (χ2n) is 3.85. The molecule has 1 heterocycles. The molecule has 0 spiro atoms. The van der Waals surface area contributed by atoms with Gasteiger partial charge in [-0.15, -0.1) is 11.3 Å². The molecule has 0 saturated carbocycles. The Labute approximate surface area is 120 Å². The second kappa shape index (κ2) is 5.83. The van der Waals surface area contributed by atoms with Crippen LogP contribution in [-0.2, 0) is 6.61 Å². The van der Waals surface area contributed by atoms with Gasteiger partial charge in [-0.05, 0) is 12.1 Å². The van der Waals surface area contributed by atoms with Crippen LogP contribution in [0.4, 0.5) is 14.5 Å². The Kier molecular flexibility index (Phi) is 4.13. The molecule has 2 rings (SSSR count). The summed E-state index contributed by atoms with van der Waals surface area (Å²) >= 11 is 0.929. The van der Waals surface area contributed by atoms with E-state index in [1.807, 2.05) is 0 Å². The predicted octanol–water partition coefficient (Wildman–Crippen LogP) is 3.21. The summed E-state index contributed by atoms with van der Waals surface area (Å²) in [7, 11) is 0. The molecule has 0 unspecified atom stereocenters. The van der Waals surface area contributed by atoms with Crippen molar-refractivity contribution in [3.63, 3.8) is 0 Å². The summed E-state index contributed by atoms with van der Waals surface area (Å²) < 4.78 is 31.9. The minimum absolute atomic E-state index is 0.0870. The van der Waals surface area contributed by atoms with Crippen LogP contribution < -0.4 is 4.74 Å². The van der Waals surface area contributed by atoms with Gasteiger partial charge in [-0.3, -0.25) is 10.1 Å². The van der Waals surface area contributed by atoms with E-state index in [4.69, 9.17) is 9.84 Å². The average Bonchev–Trinajstić information content (AvgIpc) is 2.88. The minimum atomic E-state index is -1.21. The van der Waals surface area contributed by atoms with E-state index in [1.165, 1.54) is 12.1 Å². The first-order valence-electron chi connectivity index (χ1n) is 5.46. The van der Waals surface area contributed by atoms with E-state index in [9.17, 15) is 23.7 Å². The molecule has 2 aromatic rings. The number of benzene rings is 1. The maximum Gasteiger partial charge on any atom is 0.345 e. The van der Waals surface area contributed by atoms with E-state index in [0.717, 1.165) is 11.3 Å². The summed E-state index contributed by atoms with van der Waals surface area (Å²) in [6.45, 7) is -0.174. The third-order valence-corrected chi connectivity index (χ3v) is 3.49. The number of nitrogens with zero attached hydrogens (tertiary/aromatic N) is 1. The highest BCUT2D eigenvalue weighted by molar-refractivity contribution is 7.13. The molecule has 6 nitrogen and oxygen atoms in total. The molecule has 0 atom stereocenters. The van der Waals surface area contributed by atoms with Crippen molar-refractivity contribution >= 4 is 23.0 Å². The van der Waals surface area contributed by atoms with Crippen LogP contribution in [0.3, 0.4) is 0 Å². The number of nitro groups is 1. The molecular formula is C12H7F2NO5S. The van der Waals surface area contributed by atoms with Crippen LogP contribution in [0.2, 0.25) is 0 Å². The maximum atomic E-state index is 13.5. The first-order valence-corrected chi connectivity index (χ1v) is 6.28. The Bertz CT molecular complexity index is 716. The summed E-state index contributed by atoms with van der Waals surface area (Å²) in [5.41, 5.74) is -0.982. The molecule has 1 aromatic heterocycles. The van der Waals surface area contributed by atoms with Gasteiger partial charge in [0.25, 0.3) is 0 Å². The smallest absolute Gasteiger partial charge is 0.345 e. The molecule has 9 heteroatoms. The van der Waals surface area contributed by atoms with Crippen molar-refractivity contribution in [3.8, 4) is 5.75 Å². The largest absolute Gasteiger partial charge is 0.485 e. The zero-order chi connectivity index (χ0) is 15.6. The van der Waals surface area contributed by atoms with Crippen LogP contribution in [0.25, 0.3) is 0 Å². The van der Waals surface area contributed by atoms with Crippen molar-refractivity contribution in [2.24, 2.45) is 0 Å². The molecule has 0 amide bonds. The van der Waals surface area contributed by atoms with Gasteiger partial charge < -0.3 is 9.84 Å². The van der Waals surface area contributed by atoms with E-state index >= 15 is 0 Å². The molecule has 0 aliphatic rings. The Morgan fingerprint density at radius 1 is 1.33 bits per heavy atom. The van der Waals surface area contributed by atoms with Gasteiger partial charge in [0.05, 0.1) is 11.0 Å². The molecule has 21 heavy (non-hydrogen) atoms.